The highest BCUT2D eigenvalue weighted by molar-refractivity contribution is 5.86. The average Bonchev–Trinajstić information content (AvgIpc) is 2.92. The molecule has 1 aliphatic heterocycles. The Balaban J connectivity index is 1.66. The number of hydrogen-bond acceptors (Lipinski definition) is 4. The van der Waals surface area contributed by atoms with Crippen molar-refractivity contribution in [2.75, 3.05) is 20.3 Å². The lowest BCUT2D eigenvalue weighted by Gasteiger charge is -2.35. The molecule has 3 rings (SSSR count). The van der Waals surface area contributed by atoms with Crippen LogP contribution in [0.2, 0.25) is 0 Å². The molecule has 0 radical (unpaired) electrons. The zero-order chi connectivity index (χ0) is 17.9. The third-order valence-electron chi connectivity index (χ3n) is 5.60. The first-order valence-electron chi connectivity index (χ1n) is 9.17. The third kappa shape index (κ3) is 3.65. The van der Waals surface area contributed by atoms with Gasteiger partial charge >= 0.3 is 5.97 Å². The van der Waals surface area contributed by atoms with Crippen molar-refractivity contribution in [2.24, 2.45) is 11.3 Å². The Morgan fingerprint density at radius 3 is 2.72 bits per heavy atom. The maximum absolute atomic E-state index is 13.1. The minimum absolute atomic E-state index is 0.126. The van der Waals surface area contributed by atoms with Gasteiger partial charge in [0.05, 0.1) is 25.0 Å². The standard InChI is InChI=1S/C20H27NO4/c1-3-25-18(22)16-5-4-10-20(13-16)11-12-21(19(20)23)14-15-6-8-17(24-2)9-7-15/h6-9,16H,3-5,10-14H2,1-2H3. The summed E-state index contributed by atoms with van der Waals surface area (Å²) < 4.78 is 10.4. The fourth-order valence-corrected chi connectivity index (χ4v) is 4.24. The molecule has 0 bridgehead atoms. The molecule has 5 nitrogen and oxygen atoms in total. The smallest absolute Gasteiger partial charge is 0.308 e. The number of rotatable bonds is 5. The Kier molecular flexibility index (Phi) is 5.30. The number of benzene rings is 1. The van der Waals surface area contributed by atoms with Crippen molar-refractivity contribution in [1.82, 2.24) is 4.90 Å². The van der Waals surface area contributed by atoms with Crippen molar-refractivity contribution in [3.63, 3.8) is 0 Å². The number of esters is 1. The number of carbonyl (C=O) groups excluding carboxylic acids is 2. The molecule has 1 aromatic rings. The molecule has 5 heteroatoms. The summed E-state index contributed by atoms with van der Waals surface area (Å²) in [6.07, 6.45) is 4.14. The Bertz CT molecular complexity index is 627. The van der Waals surface area contributed by atoms with Crippen molar-refractivity contribution in [1.29, 1.82) is 0 Å². The van der Waals surface area contributed by atoms with Crippen LogP contribution in [0.4, 0.5) is 0 Å². The van der Waals surface area contributed by atoms with E-state index in [0.29, 0.717) is 19.6 Å². The fourth-order valence-electron chi connectivity index (χ4n) is 4.24. The normalized spacial score (nSPS) is 26.1. The highest BCUT2D eigenvalue weighted by atomic mass is 16.5. The van der Waals surface area contributed by atoms with Crippen LogP contribution >= 0.6 is 0 Å². The van der Waals surface area contributed by atoms with E-state index in [0.717, 1.165) is 43.5 Å². The minimum Gasteiger partial charge on any atom is -0.497 e. The van der Waals surface area contributed by atoms with Gasteiger partial charge < -0.3 is 14.4 Å². The Morgan fingerprint density at radius 1 is 1.28 bits per heavy atom. The lowest BCUT2D eigenvalue weighted by Crippen LogP contribution is -2.40. The second kappa shape index (κ2) is 7.46. The van der Waals surface area contributed by atoms with Gasteiger partial charge in [-0.2, -0.15) is 0 Å². The van der Waals surface area contributed by atoms with Crippen molar-refractivity contribution >= 4 is 11.9 Å². The molecule has 1 saturated heterocycles. The molecule has 1 heterocycles. The topological polar surface area (TPSA) is 55.8 Å². The van der Waals surface area contributed by atoms with Gasteiger partial charge in [0.2, 0.25) is 5.91 Å². The SMILES string of the molecule is CCOC(=O)C1CCCC2(CCN(Cc3ccc(OC)cc3)C2=O)C1. The lowest BCUT2D eigenvalue weighted by atomic mass is 9.68. The molecule has 0 N–H and O–H groups in total. The molecule has 0 aromatic heterocycles. The van der Waals surface area contributed by atoms with Crippen LogP contribution < -0.4 is 4.74 Å². The molecule has 2 unspecified atom stereocenters. The maximum Gasteiger partial charge on any atom is 0.308 e. The molecule has 1 amide bonds. The van der Waals surface area contributed by atoms with E-state index in [-0.39, 0.29) is 23.2 Å². The lowest BCUT2D eigenvalue weighted by molar-refractivity contribution is -0.152. The average molecular weight is 345 g/mol. The van der Waals surface area contributed by atoms with E-state index in [1.807, 2.05) is 36.1 Å². The first-order valence-corrected chi connectivity index (χ1v) is 9.17. The Labute approximate surface area is 149 Å². The molecule has 1 saturated carbocycles. The number of methoxy groups -OCH3 is 1. The van der Waals surface area contributed by atoms with Crippen molar-refractivity contribution in [2.45, 2.75) is 45.6 Å². The highest BCUT2D eigenvalue weighted by Gasteiger charge is 2.50. The van der Waals surface area contributed by atoms with Gasteiger partial charge in [0.25, 0.3) is 0 Å². The van der Waals surface area contributed by atoms with Gasteiger partial charge in [0, 0.05) is 13.1 Å². The molecule has 25 heavy (non-hydrogen) atoms. The Morgan fingerprint density at radius 2 is 2.04 bits per heavy atom. The van der Waals surface area contributed by atoms with E-state index in [9.17, 15) is 9.59 Å². The third-order valence-corrected chi connectivity index (χ3v) is 5.60. The van der Waals surface area contributed by atoms with Crippen LogP contribution in [0.15, 0.2) is 24.3 Å². The van der Waals surface area contributed by atoms with Crippen LogP contribution in [0, 0.1) is 11.3 Å². The van der Waals surface area contributed by atoms with Gasteiger partial charge in [0.15, 0.2) is 0 Å². The van der Waals surface area contributed by atoms with E-state index in [1.165, 1.54) is 0 Å². The number of carbonyl (C=O) groups is 2. The molecule has 2 fully saturated rings. The van der Waals surface area contributed by atoms with Crippen molar-refractivity contribution in [3.05, 3.63) is 29.8 Å². The van der Waals surface area contributed by atoms with Crippen LogP contribution in [0.25, 0.3) is 0 Å². The van der Waals surface area contributed by atoms with E-state index in [2.05, 4.69) is 0 Å². The van der Waals surface area contributed by atoms with Crippen LogP contribution in [-0.2, 0) is 20.9 Å². The molecule has 2 aliphatic rings. The van der Waals surface area contributed by atoms with Crippen LogP contribution in [0.1, 0.15) is 44.6 Å². The van der Waals surface area contributed by atoms with Crippen LogP contribution in [-0.4, -0.2) is 37.0 Å². The molecule has 136 valence electrons. The van der Waals surface area contributed by atoms with Gasteiger partial charge in [-0.1, -0.05) is 18.6 Å². The molecule has 1 aromatic carbocycles. The fraction of sp³-hybridized carbons (Fsp3) is 0.600. The van der Waals surface area contributed by atoms with Gasteiger partial charge in [-0.3, -0.25) is 9.59 Å². The number of hydrogen-bond donors (Lipinski definition) is 0. The first-order chi connectivity index (χ1) is 12.1. The van der Waals surface area contributed by atoms with Gasteiger partial charge in [0.1, 0.15) is 5.75 Å². The highest BCUT2D eigenvalue weighted by Crippen LogP contribution is 2.47. The van der Waals surface area contributed by atoms with Crippen LogP contribution in [0.3, 0.4) is 0 Å². The summed E-state index contributed by atoms with van der Waals surface area (Å²) in [6, 6.07) is 7.84. The van der Waals surface area contributed by atoms with Crippen LogP contribution in [0.5, 0.6) is 5.75 Å². The van der Waals surface area contributed by atoms with Crippen molar-refractivity contribution in [3.8, 4) is 5.75 Å². The number of nitrogens with zero attached hydrogens (tertiary/aromatic N) is 1. The Hall–Kier alpha value is -2.04. The molecule has 1 spiro atoms. The minimum atomic E-state index is -0.359. The first kappa shape index (κ1) is 17.8. The van der Waals surface area contributed by atoms with Crippen molar-refractivity contribution < 1.29 is 19.1 Å². The summed E-state index contributed by atoms with van der Waals surface area (Å²) in [5.74, 6) is 0.761. The predicted molar refractivity (Wildman–Crippen MR) is 94.1 cm³/mol. The second-order valence-electron chi connectivity index (χ2n) is 7.15. The molecular formula is C20H27NO4. The summed E-state index contributed by atoms with van der Waals surface area (Å²) >= 11 is 0. The van der Waals surface area contributed by atoms with E-state index in [4.69, 9.17) is 9.47 Å². The summed E-state index contributed by atoms with van der Waals surface area (Å²) in [6.45, 7) is 3.61. The summed E-state index contributed by atoms with van der Waals surface area (Å²) in [5, 5.41) is 0. The number of ether oxygens (including phenoxy) is 2. The van der Waals surface area contributed by atoms with E-state index >= 15 is 0 Å². The monoisotopic (exact) mass is 345 g/mol. The summed E-state index contributed by atoms with van der Waals surface area (Å²) in [7, 11) is 1.64. The maximum atomic E-state index is 13.1. The molecule has 2 atom stereocenters. The van der Waals surface area contributed by atoms with Gasteiger partial charge in [-0.15, -0.1) is 0 Å². The zero-order valence-corrected chi connectivity index (χ0v) is 15.1. The quantitative estimate of drug-likeness (QED) is 0.769. The number of likely N-dealkylation sites (tertiary alicyclic amines) is 1. The largest absolute Gasteiger partial charge is 0.497 e. The van der Waals surface area contributed by atoms with Gasteiger partial charge in [-0.05, 0) is 50.3 Å². The molecular weight excluding hydrogens is 318 g/mol. The van der Waals surface area contributed by atoms with E-state index in [1.54, 1.807) is 7.11 Å². The zero-order valence-electron chi connectivity index (χ0n) is 15.1. The molecule has 1 aliphatic carbocycles. The van der Waals surface area contributed by atoms with E-state index < -0.39 is 0 Å². The second-order valence-corrected chi connectivity index (χ2v) is 7.15. The predicted octanol–water partition coefficient (Wildman–Crippen LogP) is 3.17. The van der Waals surface area contributed by atoms with Gasteiger partial charge in [-0.25, -0.2) is 0 Å². The summed E-state index contributed by atoms with van der Waals surface area (Å²) in [4.78, 5) is 27.1. The number of amides is 1. The summed E-state index contributed by atoms with van der Waals surface area (Å²) in [5.41, 5.74) is 0.742.